The molecule has 2 heterocycles. The van der Waals surface area contributed by atoms with Crippen LogP contribution in [0.2, 0.25) is 0 Å². The highest BCUT2D eigenvalue weighted by Gasteiger charge is 2.29. The summed E-state index contributed by atoms with van der Waals surface area (Å²) in [5.41, 5.74) is 2.25. The van der Waals surface area contributed by atoms with Crippen molar-refractivity contribution in [2.75, 3.05) is 5.75 Å². The molecule has 1 N–H and O–H groups in total. The van der Waals surface area contributed by atoms with E-state index < -0.39 is 0 Å². The first-order chi connectivity index (χ1) is 9.61. The van der Waals surface area contributed by atoms with Crippen LogP contribution in [0.25, 0.3) is 0 Å². The summed E-state index contributed by atoms with van der Waals surface area (Å²) in [5.74, 6) is 2.17. The molecule has 1 aliphatic carbocycles. The molecule has 5 heteroatoms. The van der Waals surface area contributed by atoms with E-state index in [0.717, 1.165) is 40.8 Å². The molecule has 0 spiro atoms. The van der Waals surface area contributed by atoms with E-state index >= 15 is 0 Å². The van der Waals surface area contributed by atoms with E-state index in [1.165, 1.54) is 12.8 Å². The van der Waals surface area contributed by atoms with Gasteiger partial charge in [0.05, 0.1) is 10.9 Å². The zero-order valence-corrected chi connectivity index (χ0v) is 14.1. The number of rotatable bonds is 4. The lowest BCUT2D eigenvalue weighted by atomic mass is 10.3. The standard InChI is InChI=1S/C15H23N3S2/c1-9-6-13(7-16-12-4-5-12)18-15(17-9)14-8-19-10(2)11(3)20-14/h6,10-12,14,16H,4-5,7-8H2,1-3H3. The minimum atomic E-state index is 0.450. The van der Waals surface area contributed by atoms with Crippen molar-refractivity contribution in [1.29, 1.82) is 0 Å². The zero-order chi connectivity index (χ0) is 14.1. The van der Waals surface area contributed by atoms with Crippen LogP contribution in [0.4, 0.5) is 0 Å². The first kappa shape index (κ1) is 14.7. The maximum absolute atomic E-state index is 4.81. The smallest absolute Gasteiger partial charge is 0.142 e. The Kier molecular flexibility index (Phi) is 4.58. The van der Waals surface area contributed by atoms with Crippen molar-refractivity contribution in [3.8, 4) is 0 Å². The summed E-state index contributed by atoms with van der Waals surface area (Å²) < 4.78 is 0. The highest BCUT2D eigenvalue weighted by molar-refractivity contribution is 8.07. The van der Waals surface area contributed by atoms with Gasteiger partial charge in [-0.15, -0.1) is 11.8 Å². The van der Waals surface area contributed by atoms with E-state index in [9.17, 15) is 0 Å². The Balaban J connectivity index is 1.71. The molecule has 1 aromatic rings. The predicted molar refractivity (Wildman–Crippen MR) is 88.3 cm³/mol. The number of nitrogens with zero attached hydrogens (tertiary/aromatic N) is 2. The van der Waals surface area contributed by atoms with Gasteiger partial charge in [-0.05, 0) is 25.8 Å². The lowest BCUT2D eigenvalue weighted by Gasteiger charge is -2.30. The van der Waals surface area contributed by atoms with Crippen LogP contribution in [0.3, 0.4) is 0 Å². The molecular weight excluding hydrogens is 286 g/mol. The van der Waals surface area contributed by atoms with Crippen LogP contribution >= 0.6 is 23.5 Å². The second-order valence-corrected chi connectivity index (χ2v) is 8.88. The molecule has 1 saturated carbocycles. The Labute approximate surface area is 130 Å². The number of thioether (sulfide) groups is 2. The van der Waals surface area contributed by atoms with E-state index in [2.05, 4.69) is 48.9 Å². The Morgan fingerprint density at radius 1 is 1.25 bits per heavy atom. The fourth-order valence-corrected chi connectivity index (χ4v) is 5.19. The molecule has 1 saturated heterocycles. The fraction of sp³-hybridized carbons (Fsp3) is 0.733. The van der Waals surface area contributed by atoms with Crippen LogP contribution in [0, 0.1) is 6.92 Å². The molecule has 110 valence electrons. The quantitative estimate of drug-likeness (QED) is 0.923. The highest BCUT2D eigenvalue weighted by atomic mass is 32.2. The molecular formula is C15H23N3S2. The zero-order valence-electron chi connectivity index (χ0n) is 12.4. The third kappa shape index (κ3) is 3.68. The minimum Gasteiger partial charge on any atom is -0.308 e. The summed E-state index contributed by atoms with van der Waals surface area (Å²) in [7, 11) is 0. The van der Waals surface area contributed by atoms with Crippen molar-refractivity contribution in [3.05, 3.63) is 23.3 Å². The molecule has 3 rings (SSSR count). The number of aromatic nitrogens is 2. The van der Waals surface area contributed by atoms with Gasteiger partial charge in [0.2, 0.25) is 0 Å². The molecule has 1 aromatic heterocycles. The van der Waals surface area contributed by atoms with Crippen LogP contribution in [0.5, 0.6) is 0 Å². The van der Waals surface area contributed by atoms with Gasteiger partial charge in [0.25, 0.3) is 0 Å². The summed E-state index contributed by atoms with van der Waals surface area (Å²) in [6.07, 6.45) is 2.64. The lowest BCUT2D eigenvalue weighted by molar-refractivity contribution is 0.665. The van der Waals surface area contributed by atoms with Gasteiger partial charge < -0.3 is 5.32 Å². The normalized spacial score (nSPS) is 30.4. The monoisotopic (exact) mass is 309 g/mol. The number of hydrogen-bond donors (Lipinski definition) is 1. The maximum Gasteiger partial charge on any atom is 0.142 e. The van der Waals surface area contributed by atoms with Gasteiger partial charge in [0.15, 0.2) is 0 Å². The third-order valence-corrected chi connectivity index (χ3v) is 7.30. The first-order valence-corrected chi connectivity index (χ1v) is 9.46. The molecule has 0 bridgehead atoms. The number of nitrogens with one attached hydrogen (secondary N) is 1. The minimum absolute atomic E-state index is 0.450. The van der Waals surface area contributed by atoms with Gasteiger partial charge in [-0.1, -0.05) is 13.8 Å². The van der Waals surface area contributed by atoms with E-state index in [4.69, 9.17) is 4.98 Å². The Bertz CT molecular complexity index is 476. The molecule has 1 aliphatic heterocycles. The summed E-state index contributed by atoms with van der Waals surface area (Å²) in [4.78, 5) is 9.50. The molecule has 20 heavy (non-hydrogen) atoms. The van der Waals surface area contributed by atoms with Gasteiger partial charge in [0.1, 0.15) is 5.82 Å². The van der Waals surface area contributed by atoms with Gasteiger partial charge in [-0.25, -0.2) is 9.97 Å². The van der Waals surface area contributed by atoms with Crippen molar-refractivity contribution in [3.63, 3.8) is 0 Å². The van der Waals surface area contributed by atoms with Crippen molar-refractivity contribution in [2.45, 2.75) is 61.9 Å². The Morgan fingerprint density at radius 2 is 2.05 bits per heavy atom. The van der Waals surface area contributed by atoms with Crippen LogP contribution < -0.4 is 5.32 Å². The largest absolute Gasteiger partial charge is 0.308 e. The number of aryl methyl sites for hydroxylation is 1. The van der Waals surface area contributed by atoms with Crippen molar-refractivity contribution in [2.24, 2.45) is 0 Å². The van der Waals surface area contributed by atoms with Crippen LogP contribution in [-0.2, 0) is 6.54 Å². The van der Waals surface area contributed by atoms with E-state index in [1.54, 1.807) is 0 Å². The lowest BCUT2D eigenvalue weighted by Crippen LogP contribution is -2.24. The molecule has 0 aromatic carbocycles. The van der Waals surface area contributed by atoms with Gasteiger partial charge >= 0.3 is 0 Å². The fourth-order valence-electron chi connectivity index (χ4n) is 2.35. The van der Waals surface area contributed by atoms with E-state index in [0.29, 0.717) is 10.5 Å². The summed E-state index contributed by atoms with van der Waals surface area (Å²) in [6.45, 7) is 7.61. The molecule has 0 amide bonds. The first-order valence-electron chi connectivity index (χ1n) is 7.46. The molecule has 3 nitrogen and oxygen atoms in total. The topological polar surface area (TPSA) is 37.8 Å². The predicted octanol–water partition coefficient (Wildman–Crippen LogP) is 3.34. The van der Waals surface area contributed by atoms with E-state index in [-0.39, 0.29) is 0 Å². The van der Waals surface area contributed by atoms with Gasteiger partial charge in [-0.3, -0.25) is 0 Å². The third-order valence-electron chi connectivity index (χ3n) is 3.91. The van der Waals surface area contributed by atoms with Crippen molar-refractivity contribution >= 4 is 23.5 Å². The Hall–Kier alpha value is -0.260. The molecule has 2 fully saturated rings. The van der Waals surface area contributed by atoms with Crippen LogP contribution in [0.15, 0.2) is 6.07 Å². The molecule has 3 atom stereocenters. The van der Waals surface area contributed by atoms with E-state index in [1.807, 2.05) is 11.8 Å². The Morgan fingerprint density at radius 3 is 2.75 bits per heavy atom. The van der Waals surface area contributed by atoms with Gasteiger partial charge in [-0.2, -0.15) is 11.8 Å². The van der Waals surface area contributed by atoms with Crippen molar-refractivity contribution in [1.82, 2.24) is 15.3 Å². The average Bonchev–Trinajstić information content (AvgIpc) is 3.23. The van der Waals surface area contributed by atoms with Gasteiger partial charge in [0, 0.05) is 34.5 Å². The summed E-state index contributed by atoms with van der Waals surface area (Å²) in [5, 5.41) is 5.40. The summed E-state index contributed by atoms with van der Waals surface area (Å²) in [6, 6.07) is 2.85. The average molecular weight is 310 g/mol. The summed E-state index contributed by atoms with van der Waals surface area (Å²) >= 11 is 4.09. The van der Waals surface area contributed by atoms with Crippen LogP contribution in [-0.4, -0.2) is 32.3 Å². The second-order valence-electron chi connectivity index (χ2n) is 5.88. The highest BCUT2D eigenvalue weighted by Crippen LogP contribution is 2.43. The SMILES string of the molecule is Cc1cc(CNC2CC2)nc(C2CSC(C)C(C)S2)n1. The molecule has 2 aliphatic rings. The molecule has 3 unspecified atom stereocenters. The van der Waals surface area contributed by atoms with Crippen molar-refractivity contribution < 1.29 is 0 Å². The second kappa shape index (κ2) is 6.24. The molecule has 0 radical (unpaired) electrons. The maximum atomic E-state index is 4.81. The van der Waals surface area contributed by atoms with Crippen LogP contribution in [0.1, 0.15) is 49.2 Å². The number of hydrogen-bond acceptors (Lipinski definition) is 5.